The Morgan fingerprint density at radius 2 is 2.20 bits per heavy atom. The van der Waals surface area contributed by atoms with Crippen LogP contribution >= 0.6 is 0 Å². The Hall–Kier alpha value is -1.90. The van der Waals surface area contributed by atoms with Gasteiger partial charge in [-0.05, 0) is 0 Å². The van der Waals surface area contributed by atoms with Crippen molar-refractivity contribution in [2.45, 2.75) is 0 Å². The van der Waals surface area contributed by atoms with Crippen molar-refractivity contribution in [3.05, 3.63) is 6.33 Å². The van der Waals surface area contributed by atoms with Gasteiger partial charge in [0.05, 0.1) is 12.6 Å². The van der Waals surface area contributed by atoms with Crippen LogP contribution in [0.1, 0.15) is 0 Å². The van der Waals surface area contributed by atoms with E-state index in [2.05, 4.69) is 24.1 Å². The molecule has 0 amide bonds. The van der Waals surface area contributed by atoms with Crippen molar-refractivity contribution < 1.29 is 12.6 Å². The largest absolute Gasteiger partial charge is 0.382 e. The van der Waals surface area contributed by atoms with Gasteiger partial charge >= 0.3 is 16.1 Å². The van der Waals surface area contributed by atoms with Crippen molar-refractivity contribution in [3.8, 4) is 6.01 Å². The molecule has 2 aromatic rings. The molecule has 8 nitrogen and oxygen atoms in total. The van der Waals surface area contributed by atoms with E-state index >= 15 is 0 Å². The summed E-state index contributed by atoms with van der Waals surface area (Å²) in [5.41, 5.74) is 6.21. The van der Waals surface area contributed by atoms with Gasteiger partial charge in [0, 0.05) is 0 Å². The highest BCUT2D eigenvalue weighted by atomic mass is 32.2. The zero-order chi connectivity index (χ0) is 11.1. The quantitative estimate of drug-likeness (QED) is 0.650. The molecule has 15 heavy (non-hydrogen) atoms. The topological polar surface area (TPSA) is 124 Å². The first-order valence-corrected chi connectivity index (χ1v) is 5.63. The molecule has 0 aromatic carbocycles. The maximum absolute atomic E-state index is 10.8. The summed E-state index contributed by atoms with van der Waals surface area (Å²) >= 11 is 0. The zero-order valence-corrected chi connectivity index (χ0v) is 8.45. The van der Waals surface area contributed by atoms with Crippen LogP contribution in [0.2, 0.25) is 0 Å². The van der Waals surface area contributed by atoms with Gasteiger partial charge in [-0.15, -0.1) is 0 Å². The third kappa shape index (κ3) is 1.96. The second-order valence-corrected chi connectivity index (χ2v) is 4.35. The molecule has 0 spiro atoms. The Kier molecular flexibility index (Phi) is 1.96. The van der Waals surface area contributed by atoms with Crippen molar-refractivity contribution >= 4 is 27.1 Å². The maximum Gasteiger partial charge on any atom is 0.336 e. The molecule has 0 saturated heterocycles. The van der Waals surface area contributed by atoms with E-state index in [-0.39, 0.29) is 17.5 Å². The normalized spacial score (nSPS) is 11.8. The second kappa shape index (κ2) is 3.05. The van der Waals surface area contributed by atoms with Crippen LogP contribution < -0.4 is 9.92 Å². The Morgan fingerprint density at radius 3 is 2.87 bits per heavy atom. The number of fused-ring (bicyclic) bond motifs is 1. The Morgan fingerprint density at radius 1 is 1.47 bits per heavy atom. The van der Waals surface area contributed by atoms with E-state index in [9.17, 15) is 8.42 Å². The SMILES string of the molecule is CS(=O)(=O)Oc1nc(N)c2[nH]cnc2n1. The van der Waals surface area contributed by atoms with Crippen LogP contribution in [0.4, 0.5) is 5.82 Å². The lowest BCUT2D eigenvalue weighted by Crippen LogP contribution is -2.09. The Labute approximate surface area is 84.6 Å². The number of anilines is 1. The maximum atomic E-state index is 10.8. The van der Waals surface area contributed by atoms with Gasteiger partial charge in [-0.1, -0.05) is 0 Å². The average Bonchev–Trinajstić information content (AvgIpc) is 2.48. The standard InChI is InChI=1S/C6H7N5O3S/c1-15(12,13)14-6-10-4(7)3-5(11-6)9-2-8-3/h2H,1H3,(H3,7,8,9,10,11). The number of aromatic nitrogens is 4. The number of nitrogens with one attached hydrogen (secondary N) is 1. The van der Waals surface area contributed by atoms with Crippen LogP contribution in [0.5, 0.6) is 6.01 Å². The molecular weight excluding hydrogens is 222 g/mol. The molecule has 0 saturated carbocycles. The van der Waals surface area contributed by atoms with Crippen molar-refractivity contribution in [2.75, 3.05) is 12.0 Å². The van der Waals surface area contributed by atoms with E-state index in [1.165, 1.54) is 6.33 Å². The minimum Gasteiger partial charge on any atom is -0.382 e. The first kappa shape index (κ1) is 9.65. The molecule has 0 unspecified atom stereocenters. The van der Waals surface area contributed by atoms with Crippen LogP contribution in [0, 0.1) is 0 Å². The van der Waals surface area contributed by atoms with Gasteiger partial charge in [0.25, 0.3) is 0 Å². The summed E-state index contributed by atoms with van der Waals surface area (Å²) in [7, 11) is -3.66. The zero-order valence-electron chi connectivity index (χ0n) is 7.63. The summed E-state index contributed by atoms with van der Waals surface area (Å²) < 4.78 is 26.1. The van der Waals surface area contributed by atoms with E-state index in [1.54, 1.807) is 0 Å². The number of H-pyrrole nitrogens is 1. The van der Waals surface area contributed by atoms with Gasteiger partial charge in [-0.2, -0.15) is 18.4 Å². The smallest absolute Gasteiger partial charge is 0.336 e. The van der Waals surface area contributed by atoms with E-state index in [1.807, 2.05) is 0 Å². The highest BCUT2D eigenvalue weighted by Crippen LogP contribution is 2.16. The summed E-state index contributed by atoms with van der Waals surface area (Å²) in [4.78, 5) is 13.9. The molecule has 9 heteroatoms. The number of rotatable bonds is 2. The van der Waals surface area contributed by atoms with Gasteiger partial charge in [-0.3, -0.25) is 0 Å². The average molecular weight is 229 g/mol. The van der Waals surface area contributed by atoms with E-state index in [0.717, 1.165) is 6.26 Å². The third-order valence-corrected chi connectivity index (χ3v) is 1.97. The Balaban J connectivity index is 2.54. The molecule has 0 atom stereocenters. The summed E-state index contributed by atoms with van der Waals surface area (Å²) in [5.74, 6) is 0.0798. The van der Waals surface area contributed by atoms with E-state index in [4.69, 9.17) is 5.73 Å². The van der Waals surface area contributed by atoms with Gasteiger partial charge in [0.15, 0.2) is 11.5 Å². The molecule has 2 heterocycles. The second-order valence-electron chi connectivity index (χ2n) is 2.78. The van der Waals surface area contributed by atoms with Crippen molar-refractivity contribution in [1.82, 2.24) is 19.9 Å². The van der Waals surface area contributed by atoms with Crippen LogP contribution in [0.3, 0.4) is 0 Å². The molecule has 0 radical (unpaired) electrons. The molecule has 80 valence electrons. The summed E-state index contributed by atoms with van der Waals surface area (Å²) in [6.07, 6.45) is 2.27. The molecule has 2 rings (SSSR count). The lowest BCUT2D eigenvalue weighted by molar-refractivity contribution is 0.472. The van der Waals surface area contributed by atoms with Gasteiger partial charge < -0.3 is 14.9 Å². The third-order valence-electron chi connectivity index (χ3n) is 1.52. The van der Waals surface area contributed by atoms with Crippen LogP contribution in [0.25, 0.3) is 11.2 Å². The van der Waals surface area contributed by atoms with Gasteiger partial charge in [0.2, 0.25) is 0 Å². The minimum absolute atomic E-state index is 0.0798. The number of aromatic amines is 1. The molecule has 0 aliphatic heterocycles. The van der Waals surface area contributed by atoms with Crippen molar-refractivity contribution in [3.63, 3.8) is 0 Å². The minimum atomic E-state index is -3.66. The lowest BCUT2D eigenvalue weighted by Gasteiger charge is -2.01. The van der Waals surface area contributed by atoms with Crippen molar-refractivity contribution in [1.29, 1.82) is 0 Å². The van der Waals surface area contributed by atoms with Crippen LogP contribution in [-0.2, 0) is 10.1 Å². The molecule has 3 N–H and O–H groups in total. The van der Waals surface area contributed by atoms with Crippen molar-refractivity contribution in [2.24, 2.45) is 0 Å². The number of nitrogens with two attached hydrogens (primary N) is 1. The lowest BCUT2D eigenvalue weighted by atomic mass is 10.5. The summed E-state index contributed by atoms with van der Waals surface area (Å²) in [6.45, 7) is 0. The highest BCUT2D eigenvalue weighted by Gasteiger charge is 2.12. The van der Waals surface area contributed by atoms with E-state index < -0.39 is 10.1 Å². The number of nitrogen functional groups attached to an aromatic ring is 1. The molecule has 0 bridgehead atoms. The van der Waals surface area contributed by atoms with Gasteiger partial charge in [0.1, 0.15) is 5.52 Å². The molecule has 0 aliphatic rings. The van der Waals surface area contributed by atoms with Crippen LogP contribution in [-0.4, -0.2) is 34.6 Å². The molecular formula is C6H7N5O3S. The first-order chi connectivity index (χ1) is 6.96. The fourth-order valence-electron chi connectivity index (χ4n) is 1.01. The van der Waals surface area contributed by atoms with Crippen LogP contribution in [0.15, 0.2) is 6.33 Å². The number of nitrogens with zero attached hydrogens (tertiary/aromatic N) is 3. The van der Waals surface area contributed by atoms with E-state index in [0.29, 0.717) is 5.52 Å². The fourth-order valence-corrected chi connectivity index (χ4v) is 1.35. The highest BCUT2D eigenvalue weighted by molar-refractivity contribution is 7.86. The summed E-state index contributed by atoms with van der Waals surface area (Å²) in [6, 6.07) is -0.338. The summed E-state index contributed by atoms with van der Waals surface area (Å²) in [5, 5.41) is 0. The molecule has 0 aliphatic carbocycles. The number of hydrogen-bond donors (Lipinski definition) is 2. The number of imidazole rings is 1. The molecule has 2 aromatic heterocycles. The first-order valence-electron chi connectivity index (χ1n) is 3.82. The predicted molar refractivity (Wildman–Crippen MR) is 51.6 cm³/mol. The molecule has 0 fully saturated rings. The van der Waals surface area contributed by atoms with Gasteiger partial charge in [-0.25, -0.2) is 4.98 Å². The predicted octanol–water partition coefficient (Wildman–Crippen LogP) is -0.727. The fraction of sp³-hybridized carbons (Fsp3) is 0.167. The number of hydrogen-bond acceptors (Lipinski definition) is 7. The Bertz CT molecular complexity index is 604. The monoisotopic (exact) mass is 229 g/mol.